The van der Waals surface area contributed by atoms with E-state index in [0.717, 1.165) is 18.8 Å². The van der Waals surface area contributed by atoms with Crippen molar-refractivity contribution in [2.24, 2.45) is 0 Å². The summed E-state index contributed by atoms with van der Waals surface area (Å²) < 4.78 is 4.67. The molecule has 1 aromatic heterocycles. The van der Waals surface area contributed by atoms with E-state index in [9.17, 15) is 9.59 Å². The first-order valence-electron chi connectivity index (χ1n) is 7.84. The predicted octanol–water partition coefficient (Wildman–Crippen LogP) is 2.09. The number of anilines is 2. The highest BCUT2D eigenvalue weighted by molar-refractivity contribution is 6.03. The Hall–Kier alpha value is -2.93. The summed E-state index contributed by atoms with van der Waals surface area (Å²) in [6.45, 7) is 1.69. The Morgan fingerprint density at radius 2 is 1.96 bits per heavy atom. The van der Waals surface area contributed by atoms with Crippen LogP contribution in [0.2, 0.25) is 0 Å². The predicted molar refractivity (Wildman–Crippen MR) is 97.0 cm³/mol. The standard InChI is InChI=1S/C18H22N4O3/c1-22(2)10-9-19-15-7-8-16(20-12-15)17(23)21-14-6-4-5-13(11-14)18(24)25-3/h4-8,11-12,19H,9-10H2,1-3H3,(H,21,23). The molecule has 1 aromatic carbocycles. The molecule has 0 radical (unpaired) electrons. The summed E-state index contributed by atoms with van der Waals surface area (Å²) in [7, 11) is 5.32. The lowest BCUT2D eigenvalue weighted by molar-refractivity contribution is 0.0600. The Bertz CT molecular complexity index is 729. The SMILES string of the molecule is COC(=O)c1cccc(NC(=O)c2ccc(NCCN(C)C)cn2)c1. The van der Waals surface area contributed by atoms with Gasteiger partial charge in [0.15, 0.2) is 0 Å². The Labute approximate surface area is 147 Å². The Morgan fingerprint density at radius 1 is 1.16 bits per heavy atom. The number of esters is 1. The van der Waals surface area contributed by atoms with Crippen LogP contribution in [0.5, 0.6) is 0 Å². The molecule has 0 unspecified atom stereocenters. The van der Waals surface area contributed by atoms with E-state index in [2.05, 4.69) is 25.3 Å². The summed E-state index contributed by atoms with van der Waals surface area (Å²) in [4.78, 5) is 30.0. The number of nitrogens with one attached hydrogen (secondary N) is 2. The van der Waals surface area contributed by atoms with Gasteiger partial charge in [0.1, 0.15) is 5.69 Å². The molecule has 0 aliphatic carbocycles. The lowest BCUT2D eigenvalue weighted by Gasteiger charge is -2.11. The normalized spacial score (nSPS) is 10.4. The van der Waals surface area contributed by atoms with Crippen molar-refractivity contribution in [1.82, 2.24) is 9.88 Å². The number of carbonyl (C=O) groups excluding carboxylic acids is 2. The van der Waals surface area contributed by atoms with Gasteiger partial charge in [-0.05, 0) is 44.4 Å². The number of aromatic nitrogens is 1. The second-order valence-electron chi connectivity index (χ2n) is 5.69. The zero-order chi connectivity index (χ0) is 18.2. The van der Waals surface area contributed by atoms with Crippen LogP contribution in [0.25, 0.3) is 0 Å². The van der Waals surface area contributed by atoms with E-state index in [0.29, 0.717) is 16.9 Å². The van der Waals surface area contributed by atoms with Crippen molar-refractivity contribution in [3.8, 4) is 0 Å². The van der Waals surface area contributed by atoms with Crippen LogP contribution in [0.1, 0.15) is 20.8 Å². The van der Waals surface area contributed by atoms with Crippen molar-refractivity contribution in [1.29, 1.82) is 0 Å². The molecule has 0 saturated heterocycles. The molecule has 0 aliphatic rings. The minimum absolute atomic E-state index is 0.293. The molecule has 0 fully saturated rings. The second-order valence-corrected chi connectivity index (χ2v) is 5.69. The molecule has 0 saturated carbocycles. The molecular weight excluding hydrogens is 320 g/mol. The van der Waals surface area contributed by atoms with Crippen molar-refractivity contribution in [3.63, 3.8) is 0 Å². The number of carbonyl (C=O) groups is 2. The van der Waals surface area contributed by atoms with Gasteiger partial charge in [-0.2, -0.15) is 0 Å². The summed E-state index contributed by atoms with van der Waals surface area (Å²) in [5.41, 5.74) is 2.02. The summed E-state index contributed by atoms with van der Waals surface area (Å²) in [6, 6.07) is 10.0. The minimum Gasteiger partial charge on any atom is -0.465 e. The van der Waals surface area contributed by atoms with Gasteiger partial charge in [-0.25, -0.2) is 9.78 Å². The molecule has 25 heavy (non-hydrogen) atoms. The fourth-order valence-corrected chi connectivity index (χ4v) is 2.09. The second kappa shape index (κ2) is 8.79. The highest BCUT2D eigenvalue weighted by Gasteiger charge is 2.10. The maximum absolute atomic E-state index is 12.3. The number of nitrogens with zero attached hydrogens (tertiary/aromatic N) is 2. The quantitative estimate of drug-likeness (QED) is 0.750. The number of hydrogen-bond acceptors (Lipinski definition) is 6. The highest BCUT2D eigenvalue weighted by Crippen LogP contribution is 2.13. The van der Waals surface area contributed by atoms with Crippen LogP contribution in [0, 0.1) is 0 Å². The Kier molecular flexibility index (Phi) is 6.47. The zero-order valence-corrected chi connectivity index (χ0v) is 14.6. The van der Waals surface area contributed by atoms with Crippen LogP contribution < -0.4 is 10.6 Å². The lowest BCUT2D eigenvalue weighted by Crippen LogP contribution is -2.21. The summed E-state index contributed by atoms with van der Waals surface area (Å²) in [6.07, 6.45) is 1.62. The number of amides is 1. The number of rotatable bonds is 7. The van der Waals surface area contributed by atoms with E-state index < -0.39 is 5.97 Å². The number of benzene rings is 1. The average molecular weight is 342 g/mol. The van der Waals surface area contributed by atoms with Crippen molar-refractivity contribution in [3.05, 3.63) is 53.9 Å². The van der Waals surface area contributed by atoms with Crippen LogP contribution in [-0.2, 0) is 4.74 Å². The smallest absolute Gasteiger partial charge is 0.337 e. The first-order chi connectivity index (χ1) is 12.0. The third-order valence-corrected chi connectivity index (χ3v) is 3.43. The maximum Gasteiger partial charge on any atom is 0.337 e. The van der Waals surface area contributed by atoms with Gasteiger partial charge in [0.2, 0.25) is 0 Å². The molecule has 2 aromatic rings. The van der Waals surface area contributed by atoms with Gasteiger partial charge in [0.05, 0.1) is 24.6 Å². The van der Waals surface area contributed by atoms with Crippen molar-refractivity contribution >= 4 is 23.3 Å². The van der Waals surface area contributed by atoms with E-state index in [1.54, 1.807) is 36.5 Å². The monoisotopic (exact) mass is 342 g/mol. The van der Waals surface area contributed by atoms with E-state index in [1.807, 2.05) is 20.2 Å². The first kappa shape index (κ1) is 18.4. The van der Waals surface area contributed by atoms with Crippen molar-refractivity contribution in [2.75, 3.05) is 44.9 Å². The first-order valence-corrected chi connectivity index (χ1v) is 7.84. The van der Waals surface area contributed by atoms with Gasteiger partial charge in [-0.15, -0.1) is 0 Å². The Morgan fingerprint density at radius 3 is 2.60 bits per heavy atom. The fraction of sp³-hybridized carbons (Fsp3) is 0.278. The molecule has 2 N–H and O–H groups in total. The number of ether oxygens (including phenoxy) is 1. The number of likely N-dealkylation sites (N-methyl/N-ethyl adjacent to an activating group) is 1. The number of pyridine rings is 1. The fourth-order valence-electron chi connectivity index (χ4n) is 2.09. The van der Waals surface area contributed by atoms with Crippen LogP contribution in [0.15, 0.2) is 42.6 Å². The molecule has 132 valence electrons. The van der Waals surface area contributed by atoms with E-state index in [4.69, 9.17) is 0 Å². The minimum atomic E-state index is -0.456. The molecule has 7 nitrogen and oxygen atoms in total. The molecule has 0 aliphatic heterocycles. The van der Waals surface area contributed by atoms with Gasteiger partial charge in [-0.1, -0.05) is 6.07 Å². The van der Waals surface area contributed by atoms with E-state index in [-0.39, 0.29) is 5.91 Å². The molecule has 7 heteroatoms. The summed E-state index contributed by atoms with van der Waals surface area (Å²) >= 11 is 0. The van der Waals surface area contributed by atoms with Gasteiger partial charge < -0.3 is 20.3 Å². The van der Waals surface area contributed by atoms with Gasteiger partial charge >= 0.3 is 5.97 Å². The molecule has 1 heterocycles. The molecule has 2 rings (SSSR count). The van der Waals surface area contributed by atoms with Crippen LogP contribution in [0.3, 0.4) is 0 Å². The lowest BCUT2D eigenvalue weighted by atomic mass is 10.2. The highest BCUT2D eigenvalue weighted by atomic mass is 16.5. The third kappa shape index (κ3) is 5.58. The molecule has 0 atom stereocenters. The summed E-state index contributed by atoms with van der Waals surface area (Å²) in [5, 5.41) is 5.95. The van der Waals surface area contributed by atoms with E-state index >= 15 is 0 Å². The molecule has 0 bridgehead atoms. The average Bonchev–Trinajstić information content (AvgIpc) is 2.61. The molecular formula is C18H22N4O3. The summed E-state index contributed by atoms with van der Waals surface area (Å²) in [5.74, 6) is -0.802. The number of hydrogen-bond donors (Lipinski definition) is 2. The van der Waals surface area contributed by atoms with Crippen molar-refractivity contribution < 1.29 is 14.3 Å². The van der Waals surface area contributed by atoms with Crippen LogP contribution in [-0.4, -0.2) is 56.1 Å². The van der Waals surface area contributed by atoms with Gasteiger partial charge in [-0.3, -0.25) is 4.79 Å². The van der Waals surface area contributed by atoms with Gasteiger partial charge in [0, 0.05) is 18.8 Å². The van der Waals surface area contributed by atoms with Crippen LogP contribution >= 0.6 is 0 Å². The largest absolute Gasteiger partial charge is 0.465 e. The van der Waals surface area contributed by atoms with Crippen molar-refractivity contribution in [2.45, 2.75) is 0 Å². The Balaban J connectivity index is 1.98. The van der Waals surface area contributed by atoms with E-state index in [1.165, 1.54) is 7.11 Å². The van der Waals surface area contributed by atoms with Gasteiger partial charge in [0.25, 0.3) is 5.91 Å². The molecule has 1 amide bonds. The molecule has 0 spiro atoms. The zero-order valence-electron chi connectivity index (χ0n) is 14.6. The van der Waals surface area contributed by atoms with Crippen LogP contribution in [0.4, 0.5) is 11.4 Å². The topological polar surface area (TPSA) is 83.6 Å². The third-order valence-electron chi connectivity index (χ3n) is 3.43. The number of methoxy groups -OCH3 is 1. The maximum atomic E-state index is 12.3.